The second kappa shape index (κ2) is 8.58. The number of hydrogen-bond acceptors (Lipinski definition) is 3. The average Bonchev–Trinajstić information content (AvgIpc) is 2.61. The number of benzene rings is 1. The molecule has 0 aromatic heterocycles. The van der Waals surface area contributed by atoms with Crippen LogP contribution in [0.25, 0.3) is 0 Å². The predicted octanol–water partition coefficient (Wildman–Crippen LogP) is 2.47. The van der Waals surface area contributed by atoms with E-state index in [1.807, 2.05) is 11.0 Å². The van der Waals surface area contributed by atoms with E-state index in [9.17, 15) is 9.18 Å². The first-order valence-electron chi connectivity index (χ1n) is 9.06. The van der Waals surface area contributed by atoms with Crippen LogP contribution in [0.5, 0.6) is 0 Å². The maximum atomic E-state index is 13.3. The highest BCUT2D eigenvalue weighted by Crippen LogP contribution is 2.21. The Kier molecular flexibility index (Phi) is 6.21. The molecular weight excluding hydrogens is 307 g/mol. The standard InChI is InChI=1S/C19H27FN2O2/c20-17-5-3-4-16(14-17)15-19(23)22-8-2-1-6-18(22)7-9-21-10-12-24-13-11-21/h3-5,14,18H,1-2,6-13,15H2. The quantitative estimate of drug-likeness (QED) is 0.829. The number of carbonyl (C=O) groups excluding carboxylic acids is 1. The van der Waals surface area contributed by atoms with Gasteiger partial charge in [0.1, 0.15) is 5.82 Å². The average molecular weight is 334 g/mol. The lowest BCUT2D eigenvalue weighted by atomic mass is 9.98. The molecule has 5 heteroatoms. The van der Waals surface area contributed by atoms with E-state index in [1.54, 1.807) is 6.07 Å². The van der Waals surface area contributed by atoms with E-state index in [0.29, 0.717) is 12.5 Å². The lowest BCUT2D eigenvalue weighted by molar-refractivity contribution is -0.134. The van der Waals surface area contributed by atoms with Crippen molar-refractivity contribution in [3.63, 3.8) is 0 Å². The molecule has 3 rings (SSSR count). The van der Waals surface area contributed by atoms with Gasteiger partial charge in [-0.25, -0.2) is 4.39 Å². The third kappa shape index (κ3) is 4.77. The summed E-state index contributed by atoms with van der Waals surface area (Å²) in [5, 5.41) is 0. The van der Waals surface area contributed by atoms with Crippen LogP contribution in [0.3, 0.4) is 0 Å². The third-order valence-corrected chi connectivity index (χ3v) is 5.07. The van der Waals surface area contributed by atoms with Crippen molar-refractivity contribution in [2.75, 3.05) is 39.4 Å². The van der Waals surface area contributed by atoms with Crippen LogP contribution in [0.15, 0.2) is 24.3 Å². The van der Waals surface area contributed by atoms with Gasteiger partial charge >= 0.3 is 0 Å². The Morgan fingerprint density at radius 2 is 2.04 bits per heavy atom. The molecule has 0 radical (unpaired) electrons. The lowest BCUT2D eigenvalue weighted by Crippen LogP contribution is -2.46. The Morgan fingerprint density at radius 1 is 1.21 bits per heavy atom. The summed E-state index contributed by atoms with van der Waals surface area (Å²) < 4.78 is 18.7. The summed E-state index contributed by atoms with van der Waals surface area (Å²) in [5.74, 6) is -0.143. The summed E-state index contributed by atoms with van der Waals surface area (Å²) >= 11 is 0. The summed E-state index contributed by atoms with van der Waals surface area (Å²) in [6.07, 6.45) is 4.67. The summed E-state index contributed by atoms with van der Waals surface area (Å²) in [6, 6.07) is 6.70. The topological polar surface area (TPSA) is 32.8 Å². The van der Waals surface area contributed by atoms with Crippen LogP contribution in [-0.2, 0) is 16.0 Å². The van der Waals surface area contributed by atoms with E-state index in [0.717, 1.165) is 64.2 Å². The molecule has 4 nitrogen and oxygen atoms in total. The van der Waals surface area contributed by atoms with Crippen molar-refractivity contribution in [3.8, 4) is 0 Å². The molecular formula is C19H27FN2O2. The fourth-order valence-corrected chi connectivity index (χ4v) is 3.71. The zero-order valence-corrected chi connectivity index (χ0v) is 14.3. The Morgan fingerprint density at radius 3 is 2.83 bits per heavy atom. The van der Waals surface area contributed by atoms with E-state index < -0.39 is 0 Å². The van der Waals surface area contributed by atoms with Gasteiger partial charge in [0, 0.05) is 32.2 Å². The van der Waals surface area contributed by atoms with Gasteiger partial charge < -0.3 is 9.64 Å². The molecule has 1 unspecified atom stereocenters. The highest BCUT2D eigenvalue weighted by atomic mass is 19.1. The number of ether oxygens (including phenoxy) is 1. The highest BCUT2D eigenvalue weighted by Gasteiger charge is 2.27. The number of likely N-dealkylation sites (tertiary alicyclic amines) is 1. The molecule has 132 valence electrons. The van der Waals surface area contributed by atoms with Gasteiger partial charge in [0.15, 0.2) is 0 Å². The van der Waals surface area contributed by atoms with Gasteiger partial charge in [0.2, 0.25) is 5.91 Å². The van der Waals surface area contributed by atoms with Crippen molar-refractivity contribution in [2.24, 2.45) is 0 Å². The molecule has 2 aliphatic rings. The van der Waals surface area contributed by atoms with Crippen LogP contribution < -0.4 is 0 Å². The van der Waals surface area contributed by atoms with Crippen molar-refractivity contribution in [1.82, 2.24) is 9.80 Å². The van der Waals surface area contributed by atoms with E-state index >= 15 is 0 Å². The first-order valence-corrected chi connectivity index (χ1v) is 9.06. The van der Waals surface area contributed by atoms with Crippen LogP contribution in [0.1, 0.15) is 31.2 Å². The Labute approximate surface area is 143 Å². The lowest BCUT2D eigenvalue weighted by Gasteiger charge is -2.37. The molecule has 1 aromatic carbocycles. The molecule has 0 bridgehead atoms. The van der Waals surface area contributed by atoms with Crippen LogP contribution in [0.2, 0.25) is 0 Å². The van der Waals surface area contributed by atoms with Gasteiger partial charge in [0.25, 0.3) is 0 Å². The van der Waals surface area contributed by atoms with E-state index in [1.165, 1.54) is 18.6 Å². The van der Waals surface area contributed by atoms with Crippen molar-refractivity contribution in [1.29, 1.82) is 0 Å². The van der Waals surface area contributed by atoms with E-state index in [2.05, 4.69) is 4.90 Å². The maximum absolute atomic E-state index is 13.3. The highest BCUT2D eigenvalue weighted by molar-refractivity contribution is 5.79. The minimum absolute atomic E-state index is 0.132. The van der Waals surface area contributed by atoms with Gasteiger partial charge in [-0.15, -0.1) is 0 Å². The van der Waals surface area contributed by atoms with Crippen LogP contribution in [0.4, 0.5) is 4.39 Å². The maximum Gasteiger partial charge on any atom is 0.227 e. The SMILES string of the molecule is O=C(Cc1cccc(F)c1)N1CCCCC1CCN1CCOCC1. The largest absolute Gasteiger partial charge is 0.379 e. The second-order valence-corrected chi connectivity index (χ2v) is 6.79. The molecule has 0 aliphatic carbocycles. The van der Waals surface area contributed by atoms with E-state index in [4.69, 9.17) is 4.74 Å². The molecule has 0 N–H and O–H groups in total. The first kappa shape index (κ1) is 17.4. The summed E-state index contributed by atoms with van der Waals surface area (Å²) in [4.78, 5) is 17.2. The van der Waals surface area contributed by atoms with Crippen molar-refractivity contribution < 1.29 is 13.9 Å². The van der Waals surface area contributed by atoms with Gasteiger partial charge in [-0.1, -0.05) is 12.1 Å². The minimum Gasteiger partial charge on any atom is -0.379 e. The molecule has 2 aliphatic heterocycles. The number of carbonyl (C=O) groups is 1. The van der Waals surface area contributed by atoms with Crippen molar-refractivity contribution in [3.05, 3.63) is 35.6 Å². The Balaban J connectivity index is 1.55. The van der Waals surface area contributed by atoms with Gasteiger partial charge in [0.05, 0.1) is 19.6 Å². The number of amides is 1. The van der Waals surface area contributed by atoms with E-state index in [-0.39, 0.29) is 11.7 Å². The predicted molar refractivity (Wildman–Crippen MR) is 91.3 cm³/mol. The number of piperidine rings is 1. The molecule has 2 heterocycles. The Bertz CT molecular complexity index is 546. The van der Waals surface area contributed by atoms with Crippen molar-refractivity contribution >= 4 is 5.91 Å². The molecule has 0 spiro atoms. The summed E-state index contributed by atoms with van der Waals surface area (Å²) in [5.41, 5.74) is 0.762. The zero-order chi connectivity index (χ0) is 16.8. The third-order valence-electron chi connectivity index (χ3n) is 5.07. The number of nitrogens with zero attached hydrogens (tertiary/aromatic N) is 2. The van der Waals surface area contributed by atoms with Crippen LogP contribution in [0, 0.1) is 5.82 Å². The van der Waals surface area contributed by atoms with Crippen molar-refractivity contribution in [2.45, 2.75) is 38.1 Å². The van der Waals surface area contributed by atoms with Gasteiger partial charge in [-0.2, -0.15) is 0 Å². The fourth-order valence-electron chi connectivity index (χ4n) is 3.71. The fraction of sp³-hybridized carbons (Fsp3) is 0.632. The smallest absolute Gasteiger partial charge is 0.227 e. The van der Waals surface area contributed by atoms with Crippen LogP contribution in [-0.4, -0.2) is 61.1 Å². The number of rotatable bonds is 5. The number of morpholine rings is 1. The Hall–Kier alpha value is -1.46. The van der Waals surface area contributed by atoms with Crippen LogP contribution >= 0.6 is 0 Å². The molecule has 1 aromatic rings. The molecule has 1 amide bonds. The molecule has 0 saturated carbocycles. The summed E-state index contributed by atoms with van der Waals surface area (Å²) in [6.45, 7) is 5.47. The zero-order valence-electron chi connectivity index (χ0n) is 14.3. The monoisotopic (exact) mass is 334 g/mol. The second-order valence-electron chi connectivity index (χ2n) is 6.79. The summed E-state index contributed by atoms with van der Waals surface area (Å²) in [7, 11) is 0. The van der Waals surface area contributed by atoms with Gasteiger partial charge in [-0.3, -0.25) is 9.69 Å². The normalized spacial score (nSPS) is 22.5. The van der Waals surface area contributed by atoms with Gasteiger partial charge in [-0.05, 0) is 43.4 Å². The molecule has 24 heavy (non-hydrogen) atoms. The molecule has 2 fully saturated rings. The molecule has 1 atom stereocenters. The molecule has 2 saturated heterocycles. The number of hydrogen-bond donors (Lipinski definition) is 0. The minimum atomic E-state index is -0.275. The number of halogens is 1. The first-order chi connectivity index (χ1) is 11.7.